The number of sulfone groups is 1. The summed E-state index contributed by atoms with van der Waals surface area (Å²) in [6, 6.07) is 17.5. The zero-order chi connectivity index (χ0) is 21.7. The molecule has 158 valence electrons. The molecule has 0 unspecified atom stereocenters. The molecule has 2 aromatic heterocycles. The number of aromatic nitrogens is 2. The number of carbonyl (C=O) groups is 1. The predicted octanol–water partition coefficient (Wildman–Crippen LogP) is 3.43. The Bertz CT molecular complexity index is 1250. The molecule has 8 heteroatoms. The lowest BCUT2D eigenvalue weighted by Gasteiger charge is -2.08. The van der Waals surface area contributed by atoms with E-state index in [4.69, 9.17) is 4.42 Å². The van der Waals surface area contributed by atoms with Crippen LogP contribution in [0, 0.1) is 0 Å². The van der Waals surface area contributed by atoms with E-state index in [2.05, 4.69) is 10.3 Å². The Balaban J connectivity index is 1.38. The number of amides is 1. The fraction of sp³-hybridized carbons (Fsp3) is 0.130. The van der Waals surface area contributed by atoms with Gasteiger partial charge in [0.15, 0.2) is 15.6 Å². The zero-order valence-corrected chi connectivity index (χ0v) is 17.5. The number of benzene rings is 2. The molecule has 0 aliphatic heterocycles. The summed E-state index contributed by atoms with van der Waals surface area (Å²) in [7, 11) is -3.58. The number of furan rings is 1. The van der Waals surface area contributed by atoms with Gasteiger partial charge >= 0.3 is 0 Å². The lowest BCUT2D eigenvalue weighted by Crippen LogP contribution is -2.23. The molecule has 0 aliphatic rings. The summed E-state index contributed by atoms with van der Waals surface area (Å²) in [4.78, 5) is 16.8. The molecule has 0 radical (unpaired) electrons. The highest BCUT2D eigenvalue weighted by atomic mass is 32.2. The summed E-state index contributed by atoms with van der Waals surface area (Å²) >= 11 is 0. The number of imidazole rings is 1. The first-order valence-corrected chi connectivity index (χ1v) is 11.3. The second-order valence-electron chi connectivity index (χ2n) is 7.08. The van der Waals surface area contributed by atoms with Crippen LogP contribution in [0.4, 0.5) is 0 Å². The van der Waals surface area contributed by atoms with Crippen LogP contribution in [0.1, 0.15) is 27.2 Å². The molecule has 1 amide bonds. The van der Waals surface area contributed by atoms with E-state index in [1.165, 1.54) is 24.5 Å². The summed E-state index contributed by atoms with van der Waals surface area (Å²) in [5.74, 6) is -0.749. The number of hydrogen-bond donors (Lipinski definition) is 1. The first-order chi connectivity index (χ1) is 15.0. The summed E-state index contributed by atoms with van der Waals surface area (Å²) in [5.41, 5.74) is 2.37. The average molecular weight is 436 g/mol. The van der Waals surface area contributed by atoms with Crippen molar-refractivity contribution in [3.8, 4) is 0 Å². The number of hydrogen-bond acceptors (Lipinski definition) is 5. The molecule has 4 aromatic rings. The van der Waals surface area contributed by atoms with Gasteiger partial charge in [-0.25, -0.2) is 13.4 Å². The van der Waals surface area contributed by atoms with Crippen molar-refractivity contribution in [3.63, 3.8) is 0 Å². The monoisotopic (exact) mass is 435 g/mol. The lowest BCUT2D eigenvalue weighted by molar-refractivity contribution is 0.0922. The fourth-order valence-electron chi connectivity index (χ4n) is 3.18. The van der Waals surface area contributed by atoms with Gasteiger partial charge in [0, 0.05) is 31.0 Å². The predicted molar refractivity (Wildman–Crippen MR) is 115 cm³/mol. The Kier molecular flexibility index (Phi) is 5.99. The molecule has 0 atom stereocenters. The standard InChI is InChI=1S/C23H21N3O4S/c27-23(25-14-18-6-8-19(9-7-18)15-26-12-11-24-17-26)22-20(10-13-30-22)16-31(28,29)21-4-2-1-3-5-21/h1-13,17H,14-16H2,(H,25,27). The molecule has 1 N–H and O–H groups in total. The Morgan fingerprint density at radius 3 is 2.45 bits per heavy atom. The molecule has 0 saturated carbocycles. The highest BCUT2D eigenvalue weighted by Crippen LogP contribution is 2.20. The number of nitrogens with zero attached hydrogens (tertiary/aromatic N) is 2. The highest BCUT2D eigenvalue weighted by Gasteiger charge is 2.22. The highest BCUT2D eigenvalue weighted by molar-refractivity contribution is 7.90. The minimum absolute atomic E-state index is 0.0104. The van der Waals surface area contributed by atoms with Gasteiger partial charge in [-0.3, -0.25) is 4.79 Å². The van der Waals surface area contributed by atoms with Crippen molar-refractivity contribution in [2.24, 2.45) is 0 Å². The van der Waals surface area contributed by atoms with Crippen molar-refractivity contribution in [2.45, 2.75) is 23.7 Å². The first-order valence-electron chi connectivity index (χ1n) is 9.67. The normalized spacial score (nSPS) is 11.4. The van der Waals surface area contributed by atoms with Crippen LogP contribution in [-0.2, 0) is 28.7 Å². The summed E-state index contributed by atoms with van der Waals surface area (Å²) in [6.45, 7) is 1.02. The number of nitrogens with one attached hydrogen (secondary N) is 1. The summed E-state index contributed by atoms with van der Waals surface area (Å²) < 4.78 is 32.5. The molecule has 4 rings (SSSR count). The topological polar surface area (TPSA) is 94.2 Å². The van der Waals surface area contributed by atoms with Gasteiger partial charge in [-0.1, -0.05) is 42.5 Å². The van der Waals surface area contributed by atoms with Crippen LogP contribution in [0.25, 0.3) is 0 Å². The van der Waals surface area contributed by atoms with Crippen LogP contribution < -0.4 is 5.32 Å². The van der Waals surface area contributed by atoms with E-state index in [0.717, 1.165) is 17.7 Å². The van der Waals surface area contributed by atoms with Crippen molar-refractivity contribution in [1.82, 2.24) is 14.9 Å². The average Bonchev–Trinajstić information content (AvgIpc) is 3.45. The molecule has 0 spiro atoms. The minimum Gasteiger partial charge on any atom is -0.459 e. The van der Waals surface area contributed by atoms with Crippen molar-refractivity contribution in [3.05, 3.63) is 108 Å². The van der Waals surface area contributed by atoms with Crippen LogP contribution in [0.2, 0.25) is 0 Å². The molecule has 0 bridgehead atoms. The van der Waals surface area contributed by atoms with E-state index < -0.39 is 15.7 Å². The Morgan fingerprint density at radius 1 is 1.00 bits per heavy atom. The maximum Gasteiger partial charge on any atom is 0.287 e. The van der Waals surface area contributed by atoms with Crippen LogP contribution >= 0.6 is 0 Å². The van der Waals surface area contributed by atoms with Gasteiger partial charge in [0.2, 0.25) is 0 Å². The van der Waals surface area contributed by atoms with E-state index in [1.807, 2.05) is 35.0 Å². The quantitative estimate of drug-likeness (QED) is 0.458. The van der Waals surface area contributed by atoms with E-state index in [0.29, 0.717) is 12.1 Å². The number of carbonyl (C=O) groups excluding carboxylic acids is 1. The Labute approximate surface area is 180 Å². The zero-order valence-electron chi connectivity index (χ0n) is 16.6. The van der Waals surface area contributed by atoms with Crippen LogP contribution in [0.3, 0.4) is 0 Å². The fourth-order valence-corrected chi connectivity index (χ4v) is 4.56. The van der Waals surface area contributed by atoms with Crippen LogP contribution in [-0.4, -0.2) is 23.9 Å². The van der Waals surface area contributed by atoms with Crippen LogP contribution in [0.5, 0.6) is 0 Å². The first kappa shape index (κ1) is 20.6. The van der Waals surface area contributed by atoms with Crippen LogP contribution in [0.15, 0.2) is 95.0 Å². The van der Waals surface area contributed by atoms with Gasteiger partial charge in [-0.05, 0) is 29.3 Å². The number of rotatable bonds is 8. The lowest BCUT2D eigenvalue weighted by atomic mass is 10.1. The minimum atomic E-state index is -3.58. The third-order valence-corrected chi connectivity index (χ3v) is 6.48. The maximum absolute atomic E-state index is 12.6. The van der Waals surface area contributed by atoms with Gasteiger partial charge in [0.25, 0.3) is 5.91 Å². The Morgan fingerprint density at radius 2 is 1.74 bits per heavy atom. The van der Waals surface area contributed by atoms with Gasteiger partial charge < -0.3 is 14.3 Å². The molecule has 0 aliphatic carbocycles. The molecule has 0 saturated heterocycles. The van der Waals surface area contributed by atoms with E-state index in [-0.39, 0.29) is 16.4 Å². The van der Waals surface area contributed by atoms with Crippen molar-refractivity contribution in [1.29, 1.82) is 0 Å². The molecule has 2 heterocycles. The molecular formula is C23H21N3O4S. The van der Waals surface area contributed by atoms with Gasteiger partial charge in [0.1, 0.15) is 0 Å². The maximum atomic E-state index is 12.6. The van der Waals surface area contributed by atoms with E-state index >= 15 is 0 Å². The van der Waals surface area contributed by atoms with Crippen molar-refractivity contribution < 1.29 is 17.6 Å². The third kappa shape index (κ3) is 5.10. The third-order valence-electron chi connectivity index (χ3n) is 4.80. The molecule has 31 heavy (non-hydrogen) atoms. The largest absolute Gasteiger partial charge is 0.459 e. The molecule has 2 aromatic carbocycles. The second-order valence-corrected chi connectivity index (χ2v) is 9.07. The summed E-state index contributed by atoms with van der Waals surface area (Å²) in [5, 5.41) is 2.79. The molecular weight excluding hydrogens is 414 g/mol. The SMILES string of the molecule is O=C(NCc1ccc(Cn2ccnc2)cc1)c1occc1CS(=O)(=O)c1ccccc1. The smallest absolute Gasteiger partial charge is 0.287 e. The molecule has 0 fully saturated rings. The van der Waals surface area contributed by atoms with E-state index in [1.54, 1.807) is 30.7 Å². The Hall–Kier alpha value is -3.65. The second kappa shape index (κ2) is 9.01. The van der Waals surface area contributed by atoms with Crippen molar-refractivity contribution in [2.75, 3.05) is 0 Å². The summed E-state index contributed by atoms with van der Waals surface area (Å²) in [6.07, 6.45) is 6.72. The van der Waals surface area contributed by atoms with E-state index in [9.17, 15) is 13.2 Å². The molecule has 7 nitrogen and oxygen atoms in total. The van der Waals surface area contributed by atoms with Gasteiger partial charge in [-0.15, -0.1) is 0 Å². The van der Waals surface area contributed by atoms with Gasteiger partial charge in [-0.2, -0.15) is 0 Å². The van der Waals surface area contributed by atoms with Gasteiger partial charge in [0.05, 0.1) is 23.2 Å². The van der Waals surface area contributed by atoms with Crippen molar-refractivity contribution >= 4 is 15.7 Å².